The van der Waals surface area contributed by atoms with E-state index in [1.54, 1.807) is 0 Å². The first-order valence-electron chi connectivity index (χ1n) is 18.0. The number of rotatable bonds is 2. The summed E-state index contributed by atoms with van der Waals surface area (Å²) >= 11 is 0. The molecule has 8 aromatic rings. The molecular formula is C49H31N3. The quantitative estimate of drug-likeness (QED) is 0.185. The summed E-state index contributed by atoms with van der Waals surface area (Å²) in [5.41, 5.74) is 19.2. The van der Waals surface area contributed by atoms with E-state index in [1.807, 2.05) is 6.07 Å². The number of benzene rings is 7. The second kappa shape index (κ2) is 10.2. The van der Waals surface area contributed by atoms with Crippen LogP contribution in [0.5, 0.6) is 0 Å². The van der Waals surface area contributed by atoms with Gasteiger partial charge >= 0.3 is 0 Å². The first-order valence-corrected chi connectivity index (χ1v) is 18.0. The molecule has 3 nitrogen and oxygen atoms in total. The predicted octanol–water partition coefficient (Wildman–Crippen LogP) is 11.5. The van der Waals surface area contributed by atoms with E-state index in [0.717, 1.165) is 22.3 Å². The van der Waals surface area contributed by atoms with Crippen LogP contribution < -0.4 is 0 Å². The van der Waals surface area contributed by atoms with Crippen LogP contribution in [0.4, 0.5) is 0 Å². The third-order valence-corrected chi connectivity index (χ3v) is 12.2. The molecule has 0 radical (unpaired) electrons. The molecule has 0 aliphatic heterocycles. The molecule has 0 amide bonds. The second-order valence-corrected chi connectivity index (χ2v) is 15.1. The predicted molar refractivity (Wildman–Crippen MR) is 208 cm³/mol. The van der Waals surface area contributed by atoms with E-state index < -0.39 is 0 Å². The van der Waals surface area contributed by atoms with E-state index in [0.29, 0.717) is 11.1 Å². The van der Waals surface area contributed by atoms with Crippen LogP contribution in [-0.2, 0) is 5.41 Å². The number of nitriles is 2. The average Bonchev–Trinajstić information content (AvgIpc) is 3.63. The van der Waals surface area contributed by atoms with Crippen molar-refractivity contribution in [2.24, 2.45) is 0 Å². The van der Waals surface area contributed by atoms with Crippen LogP contribution in [0.1, 0.15) is 81.3 Å². The number of hydrogen-bond acceptors (Lipinski definition) is 2. The lowest BCUT2D eigenvalue weighted by molar-refractivity contribution is 0.661. The summed E-state index contributed by atoms with van der Waals surface area (Å²) in [5, 5.41) is 23.2. The average molecular weight is 662 g/mol. The molecule has 1 aromatic heterocycles. The number of fused-ring (bicyclic) bond motifs is 6. The summed E-state index contributed by atoms with van der Waals surface area (Å²) in [6.45, 7) is 4.65. The molecule has 2 atom stereocenters. The summed E-state index contributed by atoms with van der Waals surface area (Å²) in [7, 11) is 0. The van der Waals surface area contributed by atoms with Gasteiger partial charge in [-0.3, -0.25) is 0 Å². The molecule has 52 heavy (non-hydrogen) atoms. The maximum atomic E-state index is 10.9. The van der Waals surface area contributed by atoms with Crippen molar-refractivity contribution in [1.82, 2.24) is 4.57 Å². The van der Waals surface area contributed by atoms with Gasteiger partial charge in [0.2, 0.25) is 0 Å². The third kappa shape index (κ3) is 3.67. The monoisotopic (exact) mass is 661 g/mol. The summed E-state index contributed by atoms with van der Waals surface area (Å²) < 4.78 is 2.35. The molecule has 3 heteroatoms. The summed E-state index contributed by atoms with van der Waals surface area (Å²) in [6, 6.07) is 55.2. The van der Waals surface area contributed by atoms with E-state index in [4.69, 9.17) is 0 Å². The van der Waals surface area contributed by atoms with Gasteiger partial charge in [-0.1, -0.05) is 105 Å². The molecule has 1 heterocycles. The Balaban J connectivity index is 1.23. The Labute approximate surface area is 302 Å². The summed E-state index contributed by atoms with van der Waals surface area (Å²) in [6.07, 6.45) is 0. The van der Waals surface area contributed by atoms with Crippen LogP contribution in [0.15, 0.2) is 140 Å². The topological polar surface area (TPSA) is 52.5 Å². The second-order valence-electron chi connectivity index (χ2n) is 15.1. The Morgan fingerprint density at radius 2 is 1.17 bits per heavy atom. The fourth-order valence-electron chi connectivity index (χ4n) is 9.88. The fraction of sp³-hybridized carbons (Fsp3) is 0.102. The van der Waals surface area contributed by atoms with Gasteiger partial charge in [-0.05, 0) is 115 Å². The van der Waals surface area contributed by atoms with Crippen LogP contribution in [-0.4, -0.2) is 4.57 Å². The molecule has 0 saturated carbocycles. The maximum absolute atomic E-state index is 10.9. The largest absolute Gasteiger partial charge is 0.308 e. The lowest BCUT2D eigenvalue weighted by Gasteiger charge is -2.42. The highest BCUT2D eigenvalue weighted by molar-refractivity contribution is 6.13. The lowest BCUT2D eigenvalue weighted by Crippen LogP contribution is -2.28. The minimum absolute atomic E-state index is 0.00856. The normalized spacial score (nSPS) is 16.8. The van der Waals surface area contributed by atoms with Gasteiger partial charge in [0.15, 0.2) is 0 Å². The van der Waals surface area contributed by atoms with E-state index in [2.05, 4.69) is 164 Å². The van der Waals surface area contributed by atoms with E-state index >= 15 is 0 Å². The van der Waals surface area contributed by atoms with Crippen molar-refractivity contribution >= 4 is 21.8 Å². The van der Waals surface area contributed by atoms with Crippen LogP contribution in [0.3, 0.4) is 0 Å². The summed E-state index contributed by atoms with van der Waals surface area (Å²) in [5.74, 6) is -0.0179. The molecule has 0 N–H and O–H groups in total. The highest BCUT2D eigenvalue weighted by Crippen LogP contribution is 2.57. The molecule has 12 rings (SSSR count). The van der Waals surface area contributed by atoms with Crippen molar-refractivity contribution in [1.29, 1.82) is 10.5 Å². The van der Waals surface area contributed by atoms with Crippen molar-refractivity contribution in [2.75, 3.05) is 0 Å². The zero-order chi connectivity index (χ0) is 34.9. The Hall–Kier alpha value is -6.68. The van der Waals surface area contributed by atoms with Gasteiger partial charge in [-0.15, -0.1) is 0 Å². The number of nitrogens with zero attached hydrogens (tertiary/aromatic N) is 3. The van der Waals surface area contributed by atoms with E-state index in [-0.39, 0.29) is 17.3 Å². The fourth-order valence-corrected chi connectivity index (χ4v) is 9.88. The molecule has 242 valence electrons. The Kier molecular flexibility index (Phi) is 5.70. The van der Waals surface area contributed by atoms with Crippen LogP contribution >= 0.6 is 0 Å². The zero-order valence-electron chi connectivity index (χ0n) is 28.8. The zero-order valence-corrected chi connectivity index (χ0v) is 28.8. The molecule has 0 saturated heterocycles. The summed E-state index contributed by atoms with van der Waals surface area (Å²) in [4.78, 5) is 0. The molecule has 4 aliphatic rings. The highest BCUT2D eigenvalue weighted by atomic mass is 15.0. The molecule has 0 spiro atoms. The van der Waals surface area contributed by atoms with Gasteiger partial charge in [0.05, 0.1) is 33.9 Å². The van der Waals surface area contributed by atoms with Crippen LogP contribution in [0.2, 0.25) is 0 Å². The van der Waals surface area contributed by atoms with E-state index in [1.165, 1.54) is 72.0 Å². The molecule has 7 aromatic carbocycles. The molecule has 2 unspecified atom stereocenters. The Bertz CT molecular complexity index is 2960. The maximum Gasteiger partial charge on any atom is 0.101 e. The molecule has 4 aliphatic carbocycles. The van der Waals surface area contributed by atoms with Crippen LogP contribution in [0, 0.1) is 22.7 Å². The van der Waals surface area contributed by atoms with Crippen molar-refractivity contribution in [3.63, 3.8) is 0 Å². The Morgan fingerprint density at radius 3 is 1.96 bits per heavy atom. The van der Waals surface area contributed by atoms with Gasteiger partial charge in [0.1, 0.15) is 6.07 Å². The number of aromatic nitrogens is 1. The smallest absolute Gasteiger partial charge is 0.101 e. The van der Waals surface area contributed by atoms with Gasteiger partial charge < -0.3 is 4.57 Å². The lowest BCUT2D eigenvalue weighted by atomic mass is 9.60. The Morgan fingerprint density at radius 1 is 0.500 bits per heavy atom. The van der Waals surface area contributed by atoms with Crippen molar-refractivity contribution < 1.29 is 0 Å². The molecule has 2 bridgehead atoms. The third-order valence-electron chi connectivity index (χ3n) is 12.2. The van der Waals surface area contributed by atoms with Crippen molar-refractivity contribution in [2.45, 2.75) is 31.1 Å². The van der Waals surface area contributed by atoms with Gasteiger partial charge in [0, 0.05) is 28.0 Å². The van der Waals surface area contributed by atoms with Gasteiger partial charge in [0.25, 0.3) is 0 Å². The first kappa shape index (κ1) is 29.1. The minimum atomic E-state index is -0.171. The molecule has 0 fully saturated rings. The first-order chi connectivity index (χ1) is 25.5. The van der Waals surface area contributed by atoms with Crippen LogP contribution in [0.25, 0.3) is 49.7 Å². The SMILES string of the molecule is CC1(C)c2ccccc2-c2cc3c4cc(-c5ccccc5)ccc4n(-c4cc5c(cc4C#N)C4c6ccccc6C5c5cc(C#N)ccc54)c3cc21. The highest BCUT2D eigenvalue weighted by Gasteiger charge is 2.42. The number of hydrogen-bond donors (Lipinski definition) is 0. The van der Waals surface area contributed by atoms with Gasteiger partial charge in [-0.2, -0.15) is 10.5 Å². The van der Waals surface area contributed by atoms with Crippen molar-refractivity contribution in [3.05, 3.63) is 195 Å². The van der Waals surface area contributed by atoms with Gasteiger partial charge in [-0.25, -0.2) is 0 Å². The minimum Gasteiger partial charge on any atom is -0.308 e. The van der Waals surface area contributed by atoms with Crippen molar-refractivity contribution in [3.8, 4) is 40.1 Å². The standard InChI is InChI=1S/C49H31N3/c1-49(2)42-15-9-8-12-32(42)36-23-38-37-21-30(29-10-4-3-5-11-29)17-19-44(37)52(46(38)25-43(36)49)45-24-41-40(22-31(45)27-51)47-33-13-6-7-14-34(33)48(41)39-20-28(26-50)16-18-35(39)47/h3-25,47-48H,1-2H3. The van der Waals surface area contributed by atoms with E-state index in [9.17, 15) is 10.5 Å². The molecular weight excluding hydrogens is 631 g/mol.